The molecule has 1 unspecified atom stereocenters. The van der Waals surface area contributed by atoms with Gasteiger partial charge in [0.15, 0.2) is 5.75 Å². The highest BCUT2D eigenvalue weighted by Gasteiger charge is 2.25. The minimum Gasteiger partial charge on any atom is -0.487 e. The summed E-state index contributed by atoms with van der Waals surface area (Å²) in [4.78, 5) is 21.6. The molecule has 1 heterocycles. The van der Waals surface area contributed by atoms with E-state index < -0.39 is 4.92 Å². The van der Waals surface area contributed by atoms with Gasteiger partial charge in [-0.3, -0.25) is 14.9 Å². The number of carbonyl (C=O) groups excluding carboxylic acids is 1. The third kappa shape index (κ3) is 2.42. The normalized spacial score (nSPS) is 18.5. The van der Waals surface area contributed by atoms with Gasteiger partial charge in [0.25, 0.3) is 0 Å². The standard InChI is InChI=1S/C12H14N2O4/c1-2-18-11-5-3-8(7-10(11)14(16)17)9-4-6-12(15)13-9/h3,5,7,9H,2,4,6H2,1H3,(H,13,15). The Hall–Kier alpha value is -2.11. The Morgan fingerprint density at radius 3 is 2.89 bits per heavy atom. The Kier molecular flexibility index (Phi) is 3.45. The van der Waals surface area contributed by atoms with E-state index in [9.17, 15) is 14.9 Å². The zero-order valence-corrected chi connectivity index (χ0v) is 10.0. The molecular formula is C12H14N2O4. The van der Waals surface area contributed by atoms with Crippen molar-refractivity contribution in [3.8, 4) is 5.75 Å². The molecule has 1 amide bonds. The van der Waals surface area contributed by atoms with Gasteiger partial charge in [-0.2, -0.15) is 0 Å². The second kappa shape index (κ2) is 5.03. The third-order valence-corrected chi connectivity index (χ3v) is 2.88. The molecule has 2 rings (SSSR count). The smallest absolute Gasteiger partial charge is 0.311 e. The molecular weight excluding hydrogens is 236 g/mol. The van der Waals surface area contributed by atoms with E-state index in [1.54, 1.807) is 19.1 Å². The first kappa shape index (κ1) is 12.3. The number of nitro benzene ring substituents is 1. The number of carbonyl (C=O) groups is 1. The molecule has 1 aliphatic rings. The van der Waals surface area contributed by atoms with Crippen LogP contribution in [0.3, 0.4) is 0 Å². The summed E-state index contributed by atoms with van der Waals surface area (Å²) in [7, 11) is 0. The van der Waals surface area contributed by atoms with E-state index >= 15 is 0 Å². The van der Waals surface area contributed by atoms with Crippen molar-refractivity contribution < 1.29 is 14.5 Å². The molecule has 0 saturated carbocycles. The number of benzene rings is 1. The van der Waals surface area contributed by atoms with Gasteiger partial charge in [-0.1, -0.05) is 6.07 Å². The van der Waals surface area contributed by atoms with Crippen LogP contribution in [0.2, 0.25) is 0 Å². The van der Waals surface area contributed by atoms with E-state index in [1.807, 2.05) is 0 Å². The predicted octanol–water partition coefficient (Wildman–Crippen LogP) is 1.94. The van der Waals surface area contributed by atoms with Crippen LogP contribution in [0, 0.1) is 10.1 Å². The Balaban J connectivity index is 2.31. The third-order valence-electron chi connectivity index (χ3n) is 2.88. The van der Waals surface area contributed by atoms with Gasteiger partial charge in [-0.05, 0) is 25.0 Å². The van der Waals surface area contributed by atoms with E-state index in [-0.39, 0.29) is 23.4 Å². The number of nitrogens with one attached hydrogen (secondary N) is 1. The number of amides is 1. The lowest BCUT2D eigenvalue weighted by molar-refractivity contribution is -0.385. The molecule has 0 bridgehead atoms. The average Bonchev–Trinajstić information content (AvgIpc) is 2.76. The second-order valence-electron chi connectivity index (χ2n) is 4.08. The van der Waals surface area contributed by atoms with Crippen LogP contribution in [-0.2, 0) is 4.79 Å². The van der Waals surface area contributed by atoms with E-state index in [4.69, 9.17) is 4.74 Å². The van der Waals surface area contributed by atoms with Gasteiger partial charge in [0, 0.05) is 12.5 Å². The lowest BCUT2D eigenvalue weighted by Gasteiger charge is -2.11. The fourth-order valence-electron chi connectivity index (χ4n) is 2.04. The Bertz CT molecular complexity index is 487. The highest BCUT2D eigenvalue weighted by molar-refractivity contribution is 5.78. The second-order valence-corrected chi connectivity index (χ2v) is 4.08. The molecule has 0 radical (unpaired) electrons. The van der Waals surface area contributed by atoms with Crippen LogP contribution in [0.1, 0.15) is 31.4 Å². The number of ether oxygens (including phenoxy) is 1. The zero-order valence-electron chi connectivity index (χ0n) is 10.0. The SMILES string of the molecule is CCOc1ccc(C2CCC(=O)N2)cc1[N+](=O)[O-]. The molecule has 0 spiro atoms. The molecule has 1 aromatic carbocycles. The fourth-order valence-corrected chi connectivity index (χ4v) is 2.04. The maximum absolute atomic E-state index is 11.1. The summed E-state index contributed by atoms with van der Waals surface area (Å²) < 4.78 is 5.21. The quantitative estimate of drug-likeness (QED) is 0.654. The van der Waals surface area contributed by atoms with Crippen LogP contribution in [0.25, 0.3) is 0 Å². The number of nitro groups is 1. The Morgan fingerprint density at radius 2 is 2.33 bits per heavy atom. The van der Waals surface area contributed by atoms with Crippen molar-refractivity contribution in [3.05, 3.63) is 33.9 Å². The van der Waals surface area contributed by atoms with Gasteiger partial charge in [0.05, 0.1) is 17.6 Å². The van der Waals surface area contributed by atoms with Gasteiger partial charge in [0.1, 0.15) is 0 Å². The summed E-state index contributed by atoms with van der Waals surface area (Å²) in [5.74, 6) is 0.243. The van der Waals surface area contributed by atoms with Crippen molar-refractivity contribution in [2.24, 2.45) is 0 Å². The summed E-state index contributed by atoms with van der Waals surface area (Å²) >= 11 is 0. The average molecular weight is 250 g/mol. The maximum atomic E-state index is 11.1. The fraction of sp³-hybridized carbons (Fsp3) is 0.417. The largest absolute Gasteiger partial charge is 0.487 e. The number of hydrogen-bond acceptors (Lipinski definition) is 4. The Morgan fingerprint density at radius 1 is 1.56 bits per heavy atom. The molecule has 6 nitrogen and oxygen atoms in total. The zero-order chi connectivity index (χ0) is 13.1. The summed E-state index contributed by atoms with van der Waals surface area (Å²) in [5, 5.41) is 13.8. The minimum absolute atomic E-state index is 0.0171. The van der Waals surface area contributed by atoms with Gasteiger partial charge < -0.3 is 10.1 Å². The predicted molar refractivity (Wildman–Crippen MR) is 64.4 cm³/mol. The first-order valence-corrected chi connectivity index (χ1v) is 5.82. The van der Waals surface area contributed by atoms with Crippen molar-refractivity contribution in [3.63, 3.8) is 0 Å². The minimum atomic E-state index is -0.467. The number of hydrogen-bond donors (Lipinski definition) is 1. The van der Waals surface area contributed by atoms with Crippen LogP contribution < -0.4 is 10.1 Å². The highest BCUT2D eigenvalue weighted by atomic mass is 16.6. The van der Waals surface area contributed by atoms with Crippen molar-refractivity contribution >= 4 is 11.6 Å². The molecule has 18 heavy (non-hydrogen) atoms. The first-order chi connectivity index (χ1) is 8.61. The molecule has 1 fully saturated rings. The van der Waals surface area contributed by atoms with E-state index in [0.717, 1.165) is 5.56 Å². The van der Waals surface area contributed by atoms with Crippen molar-refractivity contribution in [1.82, 2.24) is 5.32 Å². The monoisotopic (exact) mass is 250 g/mol. The van der Waals surface area contributed by atoms with Crippen molar-refractivity contribution in [2.45, 2.75) is 25.8 Å². The number of rotatable bonds is 4. The lowest BCUT2D eigenvalue weighted by atomic mass is 10.0. The van der Waals surface area contributed by atoms with Crippen LogP contribution in [0.15, 0.2) is 18.2 Å². The maximum Gasteiger partial charge on any atom is 0.311 e. The molecule has 1 aromatic rings. The molecule has 1 aliphatic heterocycles. The summed E-state index contributed by atoms with van der Waals surface area (Å²) in [6.45, 7) is 2.15. The molecule has 1 atom stereocenters. The van der Waals surface area contributed by atoms with Crippen LogP contribution in [0.4, 0.5) is 5.69 Å². The highest BCUT2D eigenvalue weighted by Crippen LogP contribution is 2.32. The topological polar surface area (TPSA) is 81.5 Å². The number of nitrogens with zero attached hydrogens (tertiary/aromatic N) is 1. The van der Waals surface area contributed by atoms with E-state index in [2.05, 4.69) is 5.32 Å². The van der Waals surface area contributed by atoms with Gasteiger partial charge >= 0.3 is 5.69 Å². The van der Waals surface area contributed by atoms with Crippen LogP contribution in [0.5, 0.6) is 5.75 Å². The van der Waals surface area contributed by atoms with Gasteiger partial charge in [-0.15, -0.1) is 0 Å². The van der Waals surface area contributed by atoms with E-state index in [0.29, 0.717) is 19.4 Å². The first-order valence-electron chi connectivity index (χ1n) is 5.82. The van der Waals surface area contributed by atoms with E-state index in [1.165, 1.54) is 6.07 Å². The van der Waals surface area contributed by atoms with Gasteiger partial charge in [-0.25, -0.2) is 0 Å². The molecule has 6 heteroatoms. The van der Waals surface area contributed by atoms with Gasteiger partial charge in [0.2, 0.25) is 5.91 Å². The Labute approximate surface area is 104 Å². The molecule has 1 saturated heterocycles. The summed E-state index contributed by atoms with van der Waals surface area (Å²) in [5.41, 5.74) is 0.687. The summed E-state index contributed by atoms with van der Waals surface area (Å²) in [6.07, 6.45) is 1.13. The molecule has 0 aliphatic carbocycles. The molecule has 96 valence electrons. The molecule has 0 aromatic heterocycles. The van der Waals surface area contributed by atoms with Crippen LogP contribution >= 0.6 is 0 Å². The molecule has 1 N–H and O–H groups in total. The van der Waals surface area contributed by atoms with Crippen molar-refractivity contribution in [1.29, 1.82) is 0 Å². The summed E-state index contributed by atoms with van der Waals surface area (Å²) in [6, 6.07) is 4.68. The van der Waals surface area contributed by atoms with Crippen molar-refractivity contribution in [2.75, 3.05) is 6.61 Å². The lowest BCUT2D eigenvalue weighted by Crippen LogP contribution is -2.18. The van der Waals surface area contributed by atoms with Crippen LogP contribution in [-0.4, -0.2) is 17.4 Å².